The van der Waals surface area contributed by atoms with Gasteiger partial charge < -0.3 is 9.84 Å². The van der Waals surface area contributed by atoms with Gasteiger partial charge in [-0.15, -0.1) is 0 Å². The van der Waals surface area contributed by atoms with Crippen LogP contribution in [0.4, 0.5) is 0 Å². The molecule has 0 atom stereocenters. The van der Waals surface area contributed by atoms with Gasteiger partial charge in [-0.1, -0.05) is 35.9 Å². The van der Waals surface area contributed by atoms with Crippen LogP contribution in [0.3, 0.4) is 0 Å². The van der Waals surface area contributed by atoms with Gasteiger partial charge in [-0.25, -0.2) is 0 Å². The summed E-state index contributed by atoms with van der Waals surface area (Å²) >= 11 is 5.85. The molecule has 0 fully saturated rings. The van der Waals surface area contributed by atoms with Crippen molar-refractivity contribution in [3.05, 3.63) is 65.2 Å². The maximum absolute atomic E-state index is 12.6. The van der Waals surface area contributed by atoms with E-state index in [9.17, 15) is 9.90 Å². The molecule has 2 rings (SSSR count). The third-order valence-corrected chi connectivity index (χ3v) is 4.04. The van der Waals surface area contributed by atoms with Crippen molar-refractivity contribution in [2.45, 2.75) is 32.8 Å². The molecule has 3 nitrogen and oxygen atoms in total. The zero-order valence-corrected chi connectivity index (χ0v) is 14.9. The van der Waals surface area contributed by atoms with Crippen molar-refractivity contribution in [1.29, 1.82) is 0 Å². The first-order chi connectivity index (χ1) is 11.2. The van der Waals surface area contributed by atoms with Gasteiger partial charge in [-0.2, -0.15) is 0 Å². The minimum absolute atomic E-state index is 0.0862. The predicted molar refractivity (Wildman–Crippen MR) is 97.7 cm³/mol. The number of carbonyl (C=O) groups is 1. The minimum atomic E-state index is -1.02. The van der Waals surface area contributed by atoms with E-state index in [1.165, 1.54) is 0 Å². The SMILES string of the molecule is C=C(C)c1ccc(CC(=O)C(C)(C)Oc2ccc(Cl)cc2)c(O)c1. The molecule has 0 aliphatic carbocycles. The van der Waals surface area contributed by atoms with E-state index in [1.54, 1.807) is 50.2 Å². The first-order valence-corrected chi connectivity index (χ1v) is 8.02. The summed E-state index contributed by atoms with van der Waals surface area (Å²) in [6.45, 7) is 9.13. The summed E-state index contributed by atoms with van der Waals surface area (Å²) in [7, 11) is 0. The van der Waals surface area contributed by atoms with E-state index >= 15 is 0 Å². The Balaban J connectivity index is 2.12. The van der Waals surface area contributed by atoms with Crippen LogP contribution in [-0.4, -0.2) is 16.5 Å². The number of carbonyl (C=O) groups excluding carboxylic acids is 1. The van der Waals surface area contributed by atoms with Crippen LogP contribution >= 0.6 is 11.6 Å². The molecule has 2 aromatic rings. The molecule has 0 radical (unpaired) electrons. The van der Waals surface area contributed by atoms with Crippen LogP contribution in [0.15, 0.2) is 49.0 Å². The zero-order valence-electron chi connectivity index (χ0n) is 14.1. The number of aromatic hydroxyl groups is 1. The Hall–Kier alpha value is -2.26. The highest BCUT2D eigenvalue weighted by atomic mass is 35.5. The summed E-state index contributed by atoms with van der Waals surface area (Å²) in [5.74, 6) is 0.529. The quantitative estimate of drug-likeness (QED) is 0.797. The monoisotopic (exact) mass is 344 g/mol. The molecule has 0 aliphatic rings. The molecule has 0 saturated carbocycles. The standard InChI is InChI=1S/C20H21ClO3/c1-13(2)14-5-6-15(18(22)11-14)12-19(23)20(3,4)24-17-9-7-16(21)8-10-17/h5-11,22H,1,12H2,2-4H3. The van der Waals surface area contributed by atoms with Gasteiger partial charge >= 0.3 is 0 Å². The van der Waals surface area contributed by atoms with Crippen LogP contribution in [0.25, 0.3) is 5.57 Å². The molecule has 0 heterocycles. The minimum Gasteiger partial charge on any atom is -0.508 e. The Labute approximate surface area is 147 Å². The third kappa shape index (κ3) is 4.39. The number of Topliss-reactive ketones (excluding diaryl/α,β-unsaturated/α-hetero) is 1. The Morgan fingerprint density at radius 3 is 2.38 bits per heavy atom. The van der Waals surface area contributed by atoms with Crippen LogP contribution in [0.2, 0.25) is 5.02 Å². The van der Waals surface area contributed by atoms with Gasteiger partial charge in [0, 0.05) is 17.0 Å². The van der Waals surface area contributed by atoms with Crippen molar-refractivity contribution in [3.63, 3.8) is 0 Å². The molecule has 0 amide bonds. The number of allylic oxidation sites excluding steroid dienone is 1. The lowest BCUT2D eigenvalue weighted by Crippen LogP contribution is -2.39. The van der Waals surface area contributed by atoms with Crippen LogP contribution in [0, 0.1) is 0 Å². The smallest absolute Gasteiger partial charge is 0.180 e. The Bertz CT molecular complexity index is 761. The van der Waals surface area contributed by atoms with E-state index in [2.05, 4.69) is 6.58 Å². The average molecular weight is 345 g/mol. The maximum atomic E-state index is 12.6. The number of halogens is 1. The predicted octanol–water partition coefficient (Wildman–Crippen LogP) is 5.05. The van der Waals surface area contributed by atoms with Gasteiger partial charge in [0.05, 0.1) is 0 Å². The van der Waals surface area contributed by atoms with Crippen LogP contribution in [-0.2, 0) is 11.2 Å². The van der Waals surface area contributed by atoms with E-state index in [0.717, 1.165) is 11.1 Å². The highest BCUT2D eigenvalue weighted by molar-refractivity contribution is 6.30. The van der Waals surface area contributed by atoms with Crippen molar-refractivity contribution in [2.75, 3.05) is 0 Å². The summed E-state index contributed by atoms with van der Waals surface area (Å²) in [5.41, 5.74) is 1.25. The summed E-state index contributed by atoms with van der Waals surface area (Å²) in [6, 6.07) is 12.1. The number of hydrogen-bond donors (Lipinski definition) is 1. The summed E-state index contributed by atoms with van der Waals surface area (Å²) < 4.78 is 5.79. The van der Waals surface area contributed by atoms with Gasteiger partial charge in [-0.05, 0) is 56.7 Å². The first-order valence-electron chi connectivity index (χ1n) is 7.65. The lowest BCUT2D eigenvalue weighted by Gasteiger charge is -2.25. The Kier molecular flexibility index (Phi) is 5.35. The van der Waals surface area contributed by atoms with E-state index in [-0.39, 0.29) is 18.0 Å². The molecule has 0 bridgehead atoms. The van der Waals surface area contributed by atoms with E-state index < -0.39 is 5.60 Å². The highest BCUT2D eigenvalue weighted by Gasteiger charge is 2.30. The van der Waals surface area contributed by atoms with Crippen molar-refractivity contribution < 1.29 is 14.6 Å². The molecule has 0 unspecified atom stereocenters. The van der Waals surface area contributed by atoms with Crippen molar-refractivity contribution in [1.82, 2.24) is 0 Å². The van der Waals surface area contributed by atoms with Crippen molar-refractivity contribution in [2.24, 2.45) is 0 Å². The number of rotatable bonds is 6. The van der Waals surface area contributed by atoms with E-state index in [0.29, 0.717) is 16.3 Å². The maximum Gasteiger partial charge on any atom is 0.180 e. The van der Waals surface area contributed by atoms with Crippen LogP contribution in [0.5, 0.6) is 11.5 Å². The fourth-order valence-electron chi connectivity index (χ4n) is 2.22. The molecule has 0 saturated heterocycles. The largest absolute Gasteiger partial charge is 0.508 e. The second kappa shape index (κ2) is 7.10. The van der Waals surface area contributed by atoms with E-state index in [4.69, 9.17) is 16.3 Å². The van der Waals surface area contributed by atoms with Gasteiger partial charge in [0.2, 0.25) is 0 Å². The average Bonchev–Trinajstić information content (AvgIpc) is 2.51. The molecule has 4 heteroatoms. The number of phenols is 1. The second-order valence-electron chi connectivity index (χ2n) is 6.29. The van der Waals surface area contributed by atoms with Crippen LogP contribution < -0.4 is 4.74 Å². The number of phenolic OH excluding ortho intramolecular Hbond substituents is 1. The molecule has 126 valence electrons. The van der Waals surface area contributed by atoms with Gasteiger partial charge in [-0.3, -0.25) is 4.79 Å². The molecule has 0 spiro atoms. The molecule has 0 aliphatic heterocycles. The van der Waals surface area contributed by atoms with Crippen LogP contribution in [0.1, 0.15) is 31.9 Å². The highest BCUT2D eigenvalue weighted by Crippen LogP contribution is 2.26. The van der Waals surface area contributed by atoms with Crippen molar-refractivity contribution >= 4 is 23.0 Å². The molecule has 2 aromatic carbocycles. The molecular weight excluding hydrogens is 324 g/mol. The fraction of sp³-hybridized carbons (Fsp3) is 0.250. The summed E-state index contributed by atoms with van der Waals surface area (Å²) in [4.78, 5) is 12.6. The zero-order chi connectivity index (χ0) is 17.9. The molecule has 0 aromatic heterocycles. The van der Waals surface area contributed by atoms with Gasteiger partial charge in [0.15, 0.2) is 11.4 Å². The number of ketones is 1. The first kappa shape index (κ1) is 18.1. The Morgan fingerprint density at radius 1 is 1.21 bits per heavy atom. The normalized spacial score (nSPS) is 11.2. The second-order valence-corrected chi connectivity index (χ2v) is 6.73. The summed E-state index contributed by atoms with van der Waals surface area (Å²) in [6.07, 6.45) is 0.0862. The Morgan fingerprint density at radius 2 is 1.83 bits per heavy atom. The van der Waals surface area contributed by atoms with Gasteiger partial charge in [0.25, 0.3) is 0 Å². The molecule has 24 heavy (non-hydrogen) atoms. The van der Waals surface area contributed by atoms with Gasteiger partial charge in [0.1, 0.15) is 11.5 Å². The fourth-order valence-corrected chi connectivity index (χ4v) is 2.34. The van der Waals surface area contributed by atoms with Crippen molar-refractivity contribution in [3.8, 4) is 11.5 Å². The number of benzene rings is 2. The van der Waals surface area contributed by atoms with E-state index in [1.807, 2.05) is 13.0 Å². The lowest BCUT2D eigenvalue weighted by molar-refractivity contribution is -0.131. The molecule has 1 N–H and O–H groups in total. The third-order valence-electron chi connectivity index (χ3n) is 3.79. The molecular formula is C20H21ClO3. The summed E-state index contributed by atoms with van der Waals surface area (Å²) in [5, 5.41) is 10.7. The topological polar surface area (TPSA) is 46.5 Å². The lowest BCUT2D eigenvalue weighted by atomic mass is 9.95. The number of hydrogen-bond acceptors (Lipinski definition) is 3. The number of ether oxygens (including phenoxy) is 1.